The molecule has 0 saturated heterocycles. The minimum absolute atomic E-state index is 0.172. The van der Waals surface area contributed by atoms with Crippen molar-refractivity contribution in [3.8, 4) is 17.4 Å². The van der Waals surface area contributed by atoms with Crippen LogP contribution in [-0.4, -0.2) is 12.6 Å². The number of benzene rings is 2. The molecule has 0 fully saturated rings. The van der Waals surface area contributed by atoms with Gasteiger partial charge < -0.3 is 14.5 Å². The van der Waals surface area contributed by atoms with Gasteiger partial charge in [-0.2, -0.15) is 5.26 Å². The van der Waals surface area contributed by atoms with E-state index in [1.54, 1.807) is 25.1 Å². The Labute approximate surface area is 170 Å². The standard InChI is InChI=1S/C24H24N2O3/c1-4-28-24(27)19-9-10-20(14-25)22(13-19)23-12-11-21(29-23)15-26-17(3)18-7-5-16(2)6-8-18/h5-13,17,26H,4,15H2,1-3H3. The maximum atomic E-state index is 12.0. The number of hydrogen-bond acceptors (Lipinski definition) is 5. The zero-order valence-corrected chi connectivity index (χ0v) is 16.9. The van der Waals surface area contributed by atoms with Gasteiger partial charge in [-0.25, -0.2) is 4.79 Å². The average molecular weight is 388 g/mol. The van der Waals surface area contributed by atoms with Gasteiger partial charge in [0.1, 0.15) is 11.5 Å². The normalized spacial score (nSPS) is 11.7. The Kier molecular flexibility index (Phi) is 6.48. The van der Waals surface area contributed by atoms with Crippen molar-refractivity contribution in [2.24, 2.45) is 0 Å². The molecule has 0 aliphatic heterocycles. The zero-order valence-electron chi connectivity index (χ0n) is 16.9. The fraction of sp³-hybridized carbons (Fsp3) is 0.250. The summed E-state index contributed by atoms with van der Waals surface area (Å²) in [4.78, 5) is 12.0. The van der Waals surface area contributed by atoms with Crippen LogP contribution in [-0.2, 0) is 11.3 Å². The number of aryl methyl sites for hydroxylation is 1. The predicted molar refractivity (Wildman–Crippen MR) is 111 cm³/mol. The topological polar surface area (TPSA) is 75.3 Å². The first kappa shape index (κ1) is 20.4. The highest BCUT2D eigenvalue weighted by Gasteiger charge is 2.15. The molecule has 1 unspecified atom stereocenters. The molecule has 1 N–H and O–H groups in total. The first-order valence-electron chi connectivity index (χ1n) is 9.62. The van der Waals surface area contributed by atoms with E-state index in [2.05, 4.69) is 49.5 Å². The van der Waals surface area contributed by atoms with E-state index in [0.29, 0.717) is 35.6 Å². The van der Waals surface area contributed by atoms with Crippen molar-refractivity contribution in [1.29, 1.82) is 5.26 Å². The van der Waals surface area contributed by atoms with Crippen molar-refractivity contribution in [3.63, 3.8) is 0 Å². The molecule has 3 aromatic rings. The Morgan fingerprint density at radius 1 is 1.17 bits per heavy atom. The van der Waals surface area contributed by atoms with Crippen molar-refractivity contribution in [2.75, 3.05) is 6.61 Å². The second kappa shape index (κ2) is 9.22. The van der Waals surface area contributed by atoms with Gasteiger partial charge in [0.15, 0.2) is 0 Å². The molecule has 0 spiro atoms. The highest BCUT2D eigenvalue weighted by molar-refractivity contribution is 5.91. The van der Waals surface area contributed by atoms with E-state index in [-0.39, 0.29) is 6.04 Å². The van der Waals surface area contributed by atoms with Crippen LogP contribution >= 0.6 is 0 Å². The maximum absolute atomic E-state index is 12.0. The van der Waals surface area contributed by atoms with E-state index in [9.17, 15) is 10.1 Å². The molecule has 148 valence electrons. The third-order valence-electron chi connectivity index (χ3n) is 4.74. The Morgan fingerprint density at radius 2 is 1.93 bits per heavy atom. The summed E-state index contributed by atoms with van der Waals surface area (Å²) < 4.78 is 11.0. The molecule has 1 atom stereocenters. The minimum atomic E-state index is -0.418. The molecule has 0 amide bonds. The quantitative estimate of drug-likeness (QED) is 0.566. The van der Waals surface area contributed by atoms with Crippen LogP contribution in [0.15, 0.2) is 59.0 Å². The Balaban J connectivity index is 1.75. The molecule has 2 aromatic carbocycles. The smallest absolute Gasteiger partial charge is 0.338 e. The van der Waals surface area contributed by atoms with Gasteiger partial charge in [-0.1, -0.05) is 29.8 Å². The van der Waals surface area contributed by atoms with Crippen LogP contribution in [0.1, 0.15) is 52.7 Å². The molecule has 5 nitrogen and oxygen atoms in total. The van der Waals surface area contributed by atoms with Gasteiger partial charge in [0.2, 0.25) is 0 Å². The maximum Gasteiger partial charge on any atom is 0.338 e. The van der Waals surface area contributed by atoms with Crippen LogP contribution in [0.3, 0.4) is 0 Å². The van der Waals surface area contributed by atoms with Gasteiger partial charge in [0, 0.05) is 11.6 Å². The van der Waals surface area contributed by atoms with E-state index in [1.165, 1.54) is 11.1 Å². The van der Waals surface area contributed by atoms with Gasteiger partial charge >= 0.3 is 5.97 Å². The lowest BCUT2D eigenvalue weighted by Crippen LogP contribution is -2.17. The molecule has 1 aromatic heterocycles. The SMILES string of the molecule is CCOC(=O)c1ccc(C#N)c(-c2ccc(CNC(C)c3ccc(C)cc3)o2)c1. The number of nitrogens with one attached hydrogen (secondary N) is 1. The van der Waals surface area contributed by atoms with E-state index in [1.807, 2.05) is 12.1 Å². The Hall–Kier alpha value is -3.36. The molecule has 0 aliphatic carbocycles. The second-order valence-electron chi connectivity index (χ2n) is 6.87. The number of carbonyl (C=O) groups is 1. The molecular weight excluding hydrogens is 364 g/mol. The fourth-order valence-electron chi connectivity index (χ4n) is 3.03. The average Bonchev–Trinajstić information content (AvgIpc) is 3.21. The number of ether oxygens (including phenoxy) is 1. The van der Waals surface area contributed by atoms with E-state index in [4.69, 9.17) is 9.15 Å². The van der Waals surface area contributed by atoms with Crippen molar-refractivity contribution in [1.82, 2.24) is 5.32 Å². The predicted octanol–water partition coefficient (Wildman–Crippen LogP) is 5.15. The van der Waals surface area contributed by atoms with Crippen LogP contribution in [0, 0.1) is 18.3 Å². The van der Waals surface area contributed by atoms with Crippen molar-refractivity contribution < 1.29 is 13.9 Å². The number of furan rings is 1. The summed E-state index contributed by atoms with van der Waals surface area (Å²) in [7, 11) is 0. The molecular formula is C24H24N2O3. The second-order valence-corrected chi connectivity index (χ2v) is 6.87. The molecule has 0 bridgehead atoms. The third-order valence-corrected chi connectivity index (χ3v) is 4.74. The van der Waals surface area contributed by atoms with Crippen LogP contribution in [0.4, 0.5) is 0 Å². The highest BCUT2D eigenvalue weighted by atomic mass is 16.5. The summed E-state index contributed by atoms with van der Waals surface area (Å²) in [5.41, 5.74) is 3.85. The van der Waals surface area contributed by atoms with Crippen molar-refractivity contribution in [3.05, 3.63) is 82.6 Å². The number of nitriles is 1. The van der Waals surface area contributed by atoms with Gasteiger partial charge in [0.25, 0.3) is 0 Å². The summed E-state index contributed by atoms with van der Waals surface area (Å²) in [6.45, 7) is 6.77. The summed E-state index contributed by atoms with van der Waals surface area (Å²) in [6, 6.07) is 19.3. The highest BCUT2D eigenvalue weighted by Crippen LogP contribution is 2.27. The molecule has 0 saturated carbocycles. The van der Waals surface area contributed by atoms with Crippen molar-refractivity contribution >= 4 is 5.97 Å². The zero-order chi connectivity index (χ0) is 20.8. The largest absolute Gasteiger partial charge is 0.462 e. The first-order valence-corrected chi connectivity index (χ1v) is 9.62. The lowest BCUT2D eigenvalue weighted by Gasteiger charge is -2.13. The molecule has 0 radical (unpaired) electrons. The number of rotatable bonds is 7. The number of esters is 1. The summed E-state index contributed by atoms with van der Waals surface area (Å²) in [5, 5.41) is 12.9. The lowest BCUT2D eigenvalue weighted by atomic mass is 10.0. The lowest BCUT2D eigenvalue weighted by molar-refractivity contribution is 0.0526. The van der Waals surface area contributed by atoms with Crippen LogP contribution in [0.2, 0.25) is 0 Å². The van der Waals surface area contributed by atoms with Gasteiger partial charge in [0.05, 0.1) is 30.3 Å². The van der Waals surface area contributed by atoms with Crippen LogP contribution in [0.25, 0.3) is 11.3 Å². The summed E-state index contributed by atoms with van der Waals surface area (Å²) >= 11 is 0. The van der Waals surface area contributed by atoms with E-state index >= 15 is 0 Å². The Bertz CT molecular complexity index is 1030. The van der Waals surface area contributed by atoms with E-state index in [0.717, 1.165) is 5.76 Å². The molecule has 5 heteroatoms. The number of hydrogen-bond donors (Lipinski definition) is 1. The number of carbonyl (C=O) groups excluding carboxylic acids is 1. The minimum Gasteiger partial charge on any atom is -0.462 e. The van der Waals surface area contributed by atoms with E-state index < -0.39 is 5.97 Å². The summed E-state index contributed by atoms with van der Waals surface area (Å²) in [6.07, 6.45) is 0. The summed E-state index contributed by atoms with van der Waals surface area (Å²) in [5.74, 6) is 0.885. The van der Waals surface area contributed by atoms with Crippen LogP contribution in [0.5, 0.6) is 0 Å². The molecule has 1 heterocycles. The molecule has 0 aliphatic rings. The molecule has 29 heavy (non-hydrogen) atoms. The fourth-order valence-corrected chi connectivity index (χ4v) is 3.03. The number of nitrogens with zero attached hydrogens (tertiary/aromatic N) is 1. The first-order chi connectivity index (χ1) is 14.0. The van der Waals surface area contributed by atoms with Gasteiger partial charge in [-0.15, -0.1) is 0 Å². The monoisotopic (exact) mass is 388 g/mol. The van der Waals surface area contributed by atoms with Gasteiger partial charge in [-0.3, -0.25) is 0 Å². The van der Waals surface area contributed by atoms with Crippen molar-refractivity contribution in [2.45, 2.75) is 33.4 Å². The van der Waals surface area contributed by atoms with Gasteiger partial charge in [-0.05, 0) is 56.7 Å². The molecule has 3 rings (SSSR count). The Morgan fingerprint density at radius 3 is 2.62 bits per heavy atom. The van der Waals surface area contributed by atoms with Crippen LogP contribution < -0.4 is 5.32 Å². The third kappa shape index (κ3) is 4.92.